The number of rotatable bonds is 12. The largest absolute Gasteiger partial charge is 0.454 e. The van der Waals surface area contributed by atoms with Crippen molar-refractivity contribution in [1.29, 1.82) is 0 Å². The van der Waals surface area contributed by atoms with E-state index < -0.39 is 0 Å². The minimum atomic E-state index is -0.0707. The number of para-hydroxylation sites is 3. The van der Waals surface area contributed by atoms with Gasteiger partial charge in [-0.2, -0.15) is 0 Å². The number of hydrogen-bond donors (Lipinski definition) is 0. The Labute approximate surface area is 661 Å². The number of thiophene rings is 2. The van der Waals surface area contributed by atoms with Gasteiger partial charge in [0.1, 0.15) is 5.58 Å². The fourth-order valence-electron chi connectivity index (χ4n) is 15.4. The quantitative estimate of drug-likeness (QED) is 0.122. The van der Waals surface area contributed by atoms with Crippen LogP contribution in [0.1, 0.15) is 25.0 Å². The number of nitrogens with zero attached hydrogens (tertiary/aromatic N) is 3. The van der Waals surface area contributed by atoms with Gasteiger partial charge in [0.15, 0.2) is 5.58 Å². The summed E-state index contributed by atoms with van der Waals surface area (Å²) >= 11 is 15.2. The molecule has 19 aromatic rings. The lowest BCUT2D eigenvalue weighted by Crippen LogP contribution is -2.16. The van der Waals surface area contributed by atoms with E-state index in [0.717, 1.165) is 80.9 Å². The Morgan fingerprint density at radius 3 is 1.34 bits per heavy atom. The van der Waals surface area contributed by atoms with Gasteiger partial charge in [0.25, 0.3) is 0 Å². The predicted molar refractivity (Wildman–Crippen MR) is 473 cm³/mol. The van der Waals surface area contributed by atoms with Crippen LogP contribution in [0.5, 0.6) is 0 Å². The molecule has 0 saturated carbocycles. The Morgan fingerprint density at radius 1 is 0.278 bits per heavy atom. The molecule has 1 aliphatic rings. The van der Waals surface area contributed by atoms with Crippen LogP contribution >= 0.6 is 70.5 Å². The van der Waals surface area contributed by atoms with Crippen LogP contribution in [0.3, 0.4) is 0 Å². The monoisotopic (exact) mass is 1620 g/mol. The van der Waals surface area contributed by atoms with Crippen molar-refractivity contribution in [1.82, 2.24) is 0 Å². The van der Waals surface area contributed by atoms with E-state index in [4.69, 9.17) is 4.42 Å². The molecule has 0 bridgehead atoms. The average molecular weight is 1620 g/mol. The van der Waals surface area contributed by atoms with E-state index in [-0.39, 0.29) is 5.41 Å². The van der Waals surface area contributed by atoms with Gasteiger partial charge in [0, 0.05) is 111 Å². The van der Waals surface area contributed by atoms with Gasteiger partial charge >= 0.3 is 0 Å². The summed E-state index contributed by atoms with van der Waals surface area (Å²) in [5, 5.41) is 7.33. The van der Waals surface area contributed by atoms with Crippen LogP contribution in [-0.4, -0.2) is 0 Å². The standard InChI is InChI=1S/C36H22BrNOS.C33H26BrN.C30H20BrNS/c37-25-20-31-28-10-4-6-12-33(28)39-36(31)32(21-25)38(26-16-14-24(15-17-26)23-8-2-1-3-9-23)27-18-19-35-30(22-27)29-11-5-7-13-34(29)40-35;1-33(2)29-19-10-9-18-28(29)32-30(33)21-27(22-31(32)34)35(25-15-7-4-8-16-25)26-17-11-14-24(20-26)23-12-5-3-6-13-23;31-23-19-27-26-13-7-8-14-29(26)33-30(27)28(20-23)32(24-11-5-2-6-12-24)25-17-15-22(16-18-25)21-9-3-1-4-10-21/h1-22H;3-22H,1-2H3;1-20H. The molecule has 20 rings (SSSR count). The first-order valence-corrected chi connectivity index (χ1v) is 40.1. The number of anilines is 9. The molecule has 4 nitrogen and oxygen atoms in total. The number of halogens is 3. The summed E-state index contributed by atoms with van der Waals surface area (Å²) < 4.78 is 14.9. The van der Waals surface area contributed by atoms with E-state index in [1.807, 2.05) is 34.8 Å². The molecule has 0 radical (unpaired) electrons. The highest BCUT2D eigenvalue weighted by atomic mass is 79.9. The van der Waals surface area contributed by atoms with E-state index >= 15 is 0 Å². The maximum absolute atomic E-state index is 6.54. The van der Waals surface area contributed by atoms with Gasteiger partial charge < -0.3 is 19.1 Å². The Bertz CT molecular complexity index is 6500. The van der Waals surface area contributed by atoms with Crippen molar-refractivity contribution in [2.75, 3.05) is 14.7 Å². The summed E-state index contributed by atoms with van der Waals surface area (Å²) in [7, 11) is 0. The van der Waals surface area contributed by atoms with Crippen LogP contribution in [0.4, 0.5) is 51.2 Å². The van der Waals surface area contributed by atoms with Crippen LogP contribution in [0.15, 0.2) is 394 Å². The molecule has 518 valence electrons. The van der Waals surface area contributed by atoms with Gasteiger partial charge in [-0.1, -0.05) is 304 Å². The summed E-state index contributed by atoms with van der Waals surface area (Å²) in [5.41, 5.74) is 24.3. The van der Waals surface area contributed by atoms with Crippen molar-refractivity contribution in [3.63, 3.8) is 0 Å². The second kappa shape index (κ2) is 29.4. The molecular weight excluding hydrogens is 1550 g/mol. The van der Waals surface area contributed by atoms with Crippen molar-refractivity contribution in [3.8, 4) is 44.5 Å². The van der Waals surface area contributed by atoms with Crippen LogP contribution in [0.2, 0.25) is 0 Å². The Morgan fingerprint density at radius 2 is 0.713 bits per heavy atom. The number of hydrogen-bond acceptors (Lipinski definition) is 6. The highest BCUT2D eigenvalue weighted by Gasteiger charge is 2.37. The normalized spacial score (nSPS) is 12.0. The molecule has 9 heteroatoms. The second-order valence-electron chi connectivity index (χ2n) is 27.5. The van der Waals surface area contributed by atoms with E-state index in [1.54, 1.807) is 0 Å². The Kier molecular flexibility index (Phi) is 18.6. The fourth-order valence-corrected chi connectivity index (χ4v) is 19.2. The summed E-state index contributed by atoms with van der Waals surface area (Å²) in [4.78, 5) is 7.03. The molecule has 3 heterocycles. The van der Waals surface area contributed by atoms with E-state index in [9.17, 15) is 0 Å². The van der Waals surface area contributed by atoms with Crippen LogP contribution < -0.4 is 14.7 Å². The molecule has 0 spiro atoms. The first-order chi connectivity index (χ1) is 53.0. The minimum absolute atomic E-state index is 0.0707. The zero-order valence-electron chi connectivity index (χ0n) is 59.0. The van der Waals surface area contributed by atoms with E-state index in [0.29, 0.717) is 0 Å². The van der Waals surface area contributed by atoms with Gasteiger partial charge in [0.2, 0.25) is 0 Å². The fraction of sp³-hybridized carbons (Fsp3) is 0.0303. The van der Waals surface area contributed by atoms with Crippen molar-refractivity contribution in [2.45, 2.75) is 19.3 Å². The number of fused-ring (bicyclic) bond motifs is 12. The van der Waals surface area contributed by atoms with Crippen molar-refractivity contribution in [2.24, 2.45) is 0 Å². The van der Waals surface area contributed by atoms with Crippen LogP contribution in [-0.2, 0) is 5.41 Å². The highest BCUT2D eigenvalue weighted by molar-refractivity contribution is 9.11. The molecule has 1 aliphatic carbocycles. The predicted octanol–water partition coefficient (Wildman–Crippen LogP) is 31.7. The number of furan rings is 1. The smallest absolute Gasteiger partial charge is 0.159 e. The third-order valence-electron chi connectivity index (χ3n) is 20.5. The lowest BCUT2D eigenvalue weighted by atomic mass is 9.82. The lowest BCUT2D eigenvalue weighted by molar-refractivity contribution is 0.660. The van der Waals surface area contributed by atoms with Gasteiger partial charge in [0.05, 0.1) is 16.1 Å². The first kappa shape index (κ1) is 68.4. The molecule has 0 N–H and O–H groups in total. The highest BCUT2D eigenvalue weighted by Crippen LogP contribution is 2.55. The second-order valence-corrected chi connectivity index (χ2v) is 32.3. The molecule has 3 aromatic heterocycles. The van der Waals surface area contributed by atoms with E-state index in [2.05, 4.69) is 440 Å². The minimum Gasteiger partial charge on any atom is -0.454 e. The van der Waals surface area contributed by atoms with Crippen molar-refractivity contribution in [3.05, 3.63) is 401 Å². The third kappa shape index (κ3) is 13.1. The maximum Gasteiger partial charge on any atom is 0.159 e. The van der Waals surface area contributed by atoms with Crippen LogP contribution in [0.25, 0.3) is 107 Å². The molecule has 0 saturated heterocycles. The van der Waals surface area contributed by atoms with E-state index in [1.165, 1.54) is 102 Å². The van der Waals surface area contributed by atoms with Gasteiger partial charge in [-0.25, -0.2) is 0 Å². The van der Waals surface area contributed by atoms with Crippen molar-refractivity contribution < 1.29 is 4.42 Å². The molecular formula is C99H68Br3N3OS2. The molecule has 108 heavy (non-hydrogen) atoms. The summed E-state index contributed by atoms with van der Waals surface area (Å²) in [6, 6.07) is 134. The average Bonchev–Trinajstić information content (AvgIpc) is 1.57. The maximum atomic E-state index is 6.54. The molecule has 0 amide bonds. The zero-order chi connectivity index (χ0) is 72.8. The SMILES string of the molecule is Brc1cc(N(c2ccc(-c3ccccc3)cc2)c2ccc3sc4ccccc4c3c2)c2oc3ccccc3c2c1.Brc1cc(N(c2ccccc2)c2ccc(-c3ccccc3)cc2)c2sc3ccccc3c2c1.CC1(C)c2ccccc2-c2c(Br)cc(N(c3ccccc3)c3cccc(-c4ccccc4)c3)cc21. The summed E-state index contributed by atoms with van der Waals surface area (Å²) in [5.74, 6) is 0. The number of benzene rings is 16. The lowest BCUT2D eigenvalue weighted by Gasteiger charge is -2.29. The van der Waals surface area contributed by atoms with Gasteiger partial charge in [-0.3, -0.25) is 0 Å². The summed E-state index contributed by atoms with van der Waals surface area (Å²) in [6.07, 6.45) is 0. The molecule has 0 atom stereocenters. The Hall–Kier alpha value is -11.4. The van der Waals surface area contributed by atoms with Crippen molar-refractivity contribution >= 4 is 184 Å². The van der Waals surface area contributed by atoms with Gasteiger partial charge in [-0.05, 0) is 184 Å². The molecule has 0 aliphatic heterocycles. The molecule has 16 aromatic carbocycles. The zero-order valence-corrected chi connectivity index (χ0v) is 65.4. The first-order valence-electron chi connectivity index (χ1n) is 36.1. The summed E-state index contributed by atoms with van der Waals surface area (Å²) in [6.45, 7) is 4.66. The van der Waals surface area contributed by atoms with Crippen LogP contribution in [0, 0.1) is 0 Å². The Balaban J connectivity index is 0.000000115. The third-order valence-corrected chi connectivity index (χ3v) is 24.4. The van der Waals surface area contributed by atoms with Gasteiger partial charge in [-0.15, -0.1) is 22.7 Å². The molecule has 0 fully saturated rings. The topological polar surface area (TPSA) is 22.9 Å². The molecule has 0 unspecified atom stereocenters.